The Bertz CT molecular complexity index is 664. The lowest BCUT2D eigenvalue weighted by Gasteiger charge is -2.56. The van der Waals surface area contributed by atoms with Crippen molar-refractivity contribution in [2.24, 2.45) is 22.9 Å². The summed E-state index contributed by atoms with van der Waals surface area (Å²) in [6.45, 7) is 0. The van der Waals surface area contributed by atoms with Crippen LogP contribution in [0.4, 0.5) is 9.80 Å². The molecule has 4 fully saturated rings. The molecule has 4 bridgehead atoms. The molecule has 8 heteroatoms. The number of rotatable bonds is 4. The van der Waals surface area contributed by atoms with Gasteiger partial charge in [0, 0.05) is 22.5 Å². The number of hydrogen-bond donors (Lipinski definition) is 2. The maximum absolute atomic E-state index is 12.2. The van der Waals surface area contributed by atoms with E-state index in [0.717, 1.165) is 48.4 Å². The molecular weight excluding hydrogens is 328 g/mol. The van der Waals surface area contributed by atoms with Gasteiger partial charge in [0.1, 0.15) is 0 Å². The monoisotopic (exact) mass is 348 g/mol. The smallest absolute Gasteiger partial charge is 0.331 e. The van der Waals surface area contributed by atoms with Gasteiger partial charge in [-0.1, -0.05) is 11.3 Å². The van der Waals surface area contributed by atoms with Gasteiger partial charge in [-0.2, -0.15) is 5.10 Å². The number of thiophene rings is 1. The van der Waals surface area contributed by atoms with Crippen LogP contribution in [0.2, 0.25) is 0 Å². The summed E-state index contributed by atoms with van der Waals surface area (Å²) in [5.41, 5.74) is 3.07. The van der Waals surface area contributed by atoms with Crippen LogP contribution in [0, 0.1) is 27.9 Å². The highest BCUT2D eigenvalue weighted by Gasteiger charge is 2.51. The molecule has 5 rings (SSSR count). The van der Waals surface area contributed by atoms with E-state index in [9.17, 15) is 14.9 Å². The summed E-state index contributed by atoms with van der Waals surface area (Å²) in [5, 5.41) is 19.4. The molecule has 2 amide bonds. The van der Waals surface area contributed by atoms with Gasteiger partial charge >= 0.3 is 11.0 Å². The maximum atomic E-state index is 12.2. The van der Waals surface area contributed by atoms with Crippen LogP contribution in [0.15, 0.2) is 16.5 Å². The Hall–Kier alpha value is -1.96. The largest absolute Gasteiger partial charge is 0.335 e. The molecular formula is C16H20N4O3S. The number of nitro groups is 1. The molecule has 24 heavy (non-hydrogen) atoms. The topological polar surface area (TPSA) is 96.6 Å². The van der Waals surface area contributed by atoms with Crippen LogP contribution in [0.5, 0.6) is 0 Å². The average molecular weight is 348 g/mol. The normalized spacial score (nSPS) is 33.8. The molecule has 4 aliphatic carbocycles. The highest BCUT2D eigenvalue weighted by Crippen LogP contribution is 2.55. The van der Waals surface area contributed by atoms with Crippen molar-refractivity contribution in [1.82, 2.24) is 10.7 Å². The average Bonchev–Trinajstić information content (AvgIpc) is 2.94. The maximum Gasteiger partial charge on any atom is 0.335 e. The van der Waals surface area contributed by atoms with E-state index >= 15 is 0 Å². The molecule has 0 radical (unpaired) electrons. The number of carbonyl (C=O) groups is 1. The summed E-state index contributed by atoms with van der Waals surface area (Å²) in [7, 11) is 0. The Morgan fingerprint density at radius 1 is 1.29 bits per heavy atom. The molecule has 0 atom stereocenters. The predicted octanol–water partition coefficient (Wildman–Crippen LogP) is 3.26. The highest BCUT2D eigenvalue weighted by molar-refractivity contribution is 7.13. The highest BCUT2D eigenvalue weighted by atomic mass is 32.1. The summed E-state index contributed by atoms with van der Waals surface area (Å²) in [6, 6.07) is 1.16. The number of amides is 2. The first kappa shape index (κ1) is 15.6. The van der Waals surface area contributed by atoms with Crippen LogP contribution in [0.25, 0.3) is 0 Å². The first-order chi connectivity index (χ1) is 11.5. The van der Waals surface area contributed by atoms with E-state index in [1.165, 1.54) is 31.5 Å². The van der Waals surface area contributed by atoms with E-state index in [1.807, 2.05) is 0 Å². The third-order valence-corrected chi connectivity index (χ3v) is 6.48. The summed E-state index contributed by atoms with van der Waals surface area (Å²) in [5.74, 6) is 2.31. The van der Waals surface area contributed by atoms with Crippen LogP contribution in [0.3, 0.4) is 0 Å². The number of carbonyl (C=O) groups excluding carboxylic acids is 1. The zero-order valence-corrected chi connectivity index (χ0v) is 14.1. The van der Waals surface area contributed by atoms with Gasteiger partial charge < -0.3 is 5.32 Å². The Morgan fingerprint density at radius 2 is 1.92 bits per heavy atom. The summed E-state index contributed by atoms with van der Waals surface area (Å²) >= 11 is 1.04. The first-order valence-corrected chi connectivity index (χ1v) is 9.23. The molecule has 4 saturated carbocycles. The second kappa shape index (κ2) is 5.84. The molecule has 4 aliphatic rings. The zero-order chi connectivity index (χ0) is 16.7. The number of urea groups is 1. The van der Waals surface area contributed by atoms with Crippen molar-refractivity contribution in [3.63, 3.8) is 0 Å². The van der Waals surface area contributed by atoms with Gasteiger partial charge in [0.2, 0.25) is 0 Å². The third-order valence-electron chi connectivity index (χ3n) is 5.58. The van der Waals surface area contributed by atoms with Gasteiger partial charge in [0.25, 0.3) is 0 Å². The molecule has 0 aliphatic heterocycles. The molecule has 1 aromatic rings. The van der Waals surface area contributed by atoms with E-state index < -0.39 is 4.92 Å². The quantitative estimate of drug-likeness (QED) is 0.496. The fraction of sp³-hybridized carbons (Fsp3) is 0.625. The number of hydrogen-bond acceptors (Lipinski definition) is 5. The van der Waals surface area contributed by atoms with Crippen LogP contribution in [-0.4, -0.2) is 22.7 Å². The van der Waals surface area contributed by atoms with Crippen molar-refractivity contribution >= 4 is 28.6 Å². The second-order valence-corrected chi connectivity index (χ2v) is 8.39. The van der Waals surface area contributed by atoms with Gasteiger partial charge in [-0.05, 0) is 56.3 Å². The summed E-state index contributed by atoms with van der Waals surface area (Å²) < 4.78 is 0. The zero-order valence-electron chi connectivity index (χ0n) is 13.2. The molecule has 1 aromatic heterocycles. The van der Waals surface area contributed by atoms with E-state index in [0.29, 0.717) is 5.56 Å². The Labute approximate surface area is 143 Å². The van der Waals surface area contributed by atoms with Crippen molar-refractivity contribution in [3.8, 4) is 0 Å². The van der Waals surface area contributed by atoms with Crippen molar-refractivity contribution < 1.29 is 9.72 Å². The van der Waals surface area contributed by atoms with Crippen molar-refractivity contribution in [2.75, 3.05) is 0 Å². The van der Waals surface area contributed by atoms with E-state index in [-0.39, 0.29) is 16.6 Å². The summed E-state index contributed by atoms with van der Waals surface area (Å²) in [6.07, 6.45) is 8.70. The fourth-order valence-corrected chi connectivity index (χ4v) is 5.88. The SMILES string of the molecule is O=C(NN=Cc1csc([N+](=O)[O-])c1)NC12CC3CC(CC(C3)C1)C2. The minimum absolute atomic E-state index is 0.0461. The molecule has 2 N–H and O–H groups in total. The van der Waals surface area contributed by atoms with Gasteiger partial charge in [-0.25, -0.2) is 10.2 Å². The van der Waals surface area contributed by atoms with Crippen molar-refractivity contribution in [3.05, 3.63) is 27.1 Å². The standard InChI is InChI=1S/C16H20N4O3S/c21-15(19-17-8-13-4-14(20(22)23)24-9-13)18-16-5-10-1-11(6-16)3-12(2-10)7-16/h4,8-12H,1-3,5-7H2,(H2,18,19,21). The molecule has 0 unspecified atom stereocenters. The molecule has 7 nitrogen and oxygen atoms in total. The number of hydrazone groups is 1. The predicted molar refractivity (Wildman–Crippen MR) is 91.1 cm³/mol. The van der Waals surface area contributed by atoms with Crippen molar-refractivity contribution in [1.29, 1.82) is 0 Å². The Balaban J connectivity index is 1.33. The van der Waals surface area contributed by atoms with Crippen LogP contribution in [-0.2, 0) is 0 Å². The van der Waals surface area contributed by atoms with E-state index in [1.54, 1.807) is 5.38 Å². The first-order valence-electron chi connectivity index (χ1n) is 8.35. The van der Waals surface area contributed by atoms with Gasteiger partial charge in [0.05, 0.1) is 11.1 Å². The van der Waals surface area contributed by atoms with Crippen molar-refractivity contribution in [2.45, 2.75) is 44.1 Å². The van der Waals surface area contributed by atoms with Gasteiger partial charge in [-0.15, -0.1) is 0 Å². The molecule has 0 saturated heterocycles. The Morgan fingerprint density at radius 3 is 2.46 bits per heavy atom. The van der Waals surface area contributed by atoms with Crippen LogP contribution < -0.4 is 10.7 Å². The van der Waals surface area contributed by atoms with Gasteiger partial charge in [0.15, 0.2) is 0 Å². The fourth-order valence-electron chi connectivity index (χ4n) is 5.20. The molecule has 1 heterocycles. The minimum atomic E-state index is -0.435. The van der Waals surface area contributed by atoms with E-state index in [4.69, 9.17) is 0 Å². The minimum Gasteiger partial charge on any atom is -0.331 e. The molecule has 0 aromatic carbocycles. The van der Waals surface area contributed by atoms with E-state index in [2.05, 4.69) is 15.8 Å². The van der Waals surface area contributed by atoms with Crippen LogP contribution >= 0.6 is 11.3 Å². The second-order valence-electron chi connectivity index (χ2n) is 7.50. The number of nitrogens with one attached hydrogen (secondary N) is 2. The molecule has 0 spiro atoms. The lowest BCUT2D eigenvalue weighted by Crippen LogP contribution is -2.61. The Kier molecular flexibility index (Phi) is 3.79. The van der Waals surface area contributed by atoms with Crippen LogP contribution in [0.1, 0.15) is 44.1 Å². The lowest BCUT2D eigenvalue weighted by atomic mass is 9.53. The van der Waals surface area contributed by atoms with Gasteiger partial charge in [-0.3, -0.25) is 10.1 Å². The summed E-state index contributed by atoms with van der Waals surface area (Å²) in [4.78, 5) is 22.4. The lowest BCUT2D eigenvalue weighted by molar-refractivity contribution is -0.380. The third kappa shape index (κ3) is 3.02. The molecule has 128 valence electrons. The number of nitrogens with zero attached hydrogens (tertiary/aromatic N) is 2.